The summed E-state index contributed by atoms with van der Waals surface area (Å²) in [7, 11) is 1.52. The molecule has 1 fully saturated rings. The quantitative estimate of drug-likeness (QED) is 0.494. The second kappa shape index (κ2) is 11.1. The Labute approximate surface area is 89.6 Å². The van der Waals surface area contributed by atoms with Gasteiger partial charge < -0.3 is 18.5 Å². The van der Waals surface area contributed by atoms with Gasteiger partial charge in [0.2, 0.25) is 0 Å². The lowest BCUT2D eigenvalue weighted by atomic mass is 10.5. The maximum absolute atomic E-state index is 5.10. The second-order valence-corrected chi connectivity index (χ2v) is 4.07. The first kappa shape index (κ1) is 14.1. The van der Waals surface area contributed by atoms with Crippen molar-refractivity contribution in [2.45, 2.75) is 13.8 Å². The first-order valence-electron chi connectivity index (χ1n) is 5.23. The molecule has 86 valence electrons. The minimum absolute atomic E-state index is 0.589. The largest absolute Gasteiger partial charge is 0.399 e. The molecule has 14 heavy (non-hydrogen) atoms. The maximum atomic E-state index is 5.10. The summed E-state index contributed by atoms with van der Waals surface area (Å²) in [6, 6.07) is 0. The van der Waals surface area contributed by atoms with Crippen LogP contribution in [0.3, 0.4) is 0 Å². The molecule has 1 aliphatic heterocycles. The summed E-state index contributed by atoms with van der Waals surface area (Å²) in [6.07, 6.45) is 0. The number of hydrogen-bond donors (Lipinski definition) is 0. The number of rotatable bonds is 4. The maximum Gasteiger partial charge on any atom is 0.304 e. The molecule has 0 spiro atoms. The molecule has 0 aromatic rings. The summed E-state index contributed by atoms with van der Waals surface area (Å²) in [6.45, 7) is 9.57. The molecule has 0 amide bonds. The van der Waals surface area contributed by atoms with Gasteiger partial charge in [-0.15, -0.1) is 0 Å². The van der Waals surface area contributed by atoms with Gasteiger partial charge in [0.05, 0.1) is 13.2 Å². The van der Waals surface area contributed by atoms with Gasteiger partial charge in [0.15, 0.2) is 0 Å². The van der Waals surface area contributed by atoms with Gasteiger partial charge in [0.1, 0.15) is 0 Å². The van der Waals surface area contributed by atoms with E-state index in [4.69, 9.17) is 13.6 Å². The van der Waals surface area contributed by atoms with Gasteiger partial charge >= 0.3 is 10.0 Å². The van der Waals surface area contributed by atoms with Crippen molar-refractivity contribution in [3.63, 3.8) is 0 Å². The van der Waals surface area contributed by atoms with Crippen LogP contribution in [-0.4, -0.2) is 61.5 Å². The van der Waals surface area contributed by atoms with Crippen molar-refractivity contribution in [1.82, 2.24) is 4.90 Å². The molecule has 0 atom stereocenters. The summed E-state index contributed by atoms with van der Waals surface area (Å²) in [4.78, 5) is 2.27. The minimum atomic E-state index is -0.589. The average molecular weight is 221 g/mol. The standard InChI is InChI=1S/C5H11NO.C4H12O2Si/c1-6-2-4-7-5-3-6;1-3-5-7-6-4-2/h2-5H2,1H3;3-4,7H2,1-2H3. The van der Waals surface area contributed by atoms with Crippen molar-refractivity contribution in [2.24, 2.45) is 0 Å². The fourth-order valence-electron chi connectivity index (χ4n) is 0.880. The average Bonchev–Trinajstić information content (AvgIpc) is 2.21. The number of hydrogen-bond acceptors (Lipinski definition) is 4. The smallest absolute Gasteiger partial charge is 0.304 e. The van der Waals surface area contributed by atoms with Gasteiger partial charge in [-0.3, -0.25) is 0 Å². The molecule has 5 heteroatoms. The van der Waals surface area contributed by atoms with Gasteiger partial charge in [0, 0.05) is 26.3 Å². The number of nitrogens with zero attached hydrogens (tertiary/aromatic N) is 1. The van der Waals surface area contributed by atoms with Crippen LogP contribution in [0.15, 0.2) is 0 Å². The van der Waals surface area contributed by atoms with E-state index in [9.17, 15) is 0 Å². The Hall–Kier alpha value is 0.0569. The molecule has 0 saturated carbocycles. The molecule has 0 aromatic heterocycles. The third-order valence-corrected chi connectivity index (χ3v) is 2.96. The molecule has 0 unspecified atom stereocenters. The monoisotopic (exact) mass is 221 g/mol. The highest BCUT2D eigenvalue weighted by molar-refractivity contribution is 6.17. The highest BCUT2D eigenvalue weighted by atomic mass is 28.3. The van der Waals surface area contributed by atoms with Gasteiger partial charge in [-0.05, 0) is 20.9 Å². The molecule has 0 bridgehead atoms. The van der Waals surface area contributed by atoms with Crippen LogP contribution in [0.5, 0.6) is 0 Å². The predicted octanol–water partition coefficient (Wildman–Crippen LogP) is 0.00660. The van der Waals surface area contributed by atoms with Crippen molar-refractivity contribution in [3.05, 3.63) is 0 Å². The summed E-state index contributed by atoms with van der Waals surface area (Å²) in [5.74, 6) is 0. The zero-order chi connectivity index (χ0) is 10.6. The van der Waals surface area contributed by atoms with E-state index in [0.717, 1.165) is 39.5 Å². The first-order chi connectivity index (χ1) is 6.81. The molecule has 0 aliphatic carbocycles. The Bertz CT molecular complexity index is 106. The number of likely N-dealkylation sites (N-methyl/N-ethyl adjacent to an activating group) is 1. The number of morpholine rings is 1. The Morgan fingerprint density at radius 3 is 1.93 bits per heavy atom. The zero-order valence-electron chi connectivity index (χ0n) is 9.62. The summed E-state index contributed by atoms with van der Waals surface area (Å²) >= 11 is 0. The van der Waals surface area contributed by atoms with E-state index < -0.39 is 10.0 Å². The highest BCUT2D eigenvalue weighted by Crippen LogP contribution is 1.89. The summed E-state index contributed by atoms with van der Waals surface area (Å²) < 4.78 is 15.1. The summed E-state index contributed by atoms with van der Waals surface area (Å²) in [5, 5.41) is 0. The van der Waals surface area contributed by atoms with E-state index in [1.165, 1.54) is 0 Å². The van der Waals surface area contributed by atoms with Crippen LogP contribution in [0.25, 0.3) is 0 Å². The predicted molar refractivity (Wildman–Crippen MR) is 60.1 cm³/mol. The third kappa shape index (κ3) is 10.1. The molecular formula is C9H23NO3Si. The van der Waals surface area contributed by atoms with Gasteiger partial charge in [-0.25, -0.2) is 0 Å². The summed E-state index contributed by atoms with van der Waals surface area (Å²) in [5.41, 5.74) is 0. The lowest BCUT2D eigenvalue weighted by Gasteiger charge is -2.21. The Morgan fingerprint density at radius 2 is 1.64 bits per heavy atom. The van der Waals surface area contributed by atoms with Crippen LogP contribution in [0.4, 0.5) is 0 Å². The van der Waals surface area contributed by atoms with E-state index in [1.54, 1.807) is 0 Å². The third-order valence-electron chi connectivity index (χ3n) is 1.81. The molecule has 0 aromatic carbocycles. The SMILES string of the molecule is CCO[SiH2]OCC.CN1CCOCC1. The van der Waals surface area contributed by atoms with E-state index in [0.29, 0.717) is 0 Å². The Balaban J connectivity index is 0.000000241. The fraction of sp³-hybridized carbons (Fsp3) is 1.00. The van der Waals surface area contributed by atoms with Gasteiger partial charge in [-0.2, -0.15) is 0 Å². The fourth-order valence-corrected chi connectivity index (χ4v) is 1.33. The topological polar surface area (TPSA) is 30.9 Å². The van der Waals surface area contributed by atoms with E-state index in [-0.39, 0.29) is 0 Å². The lowest BCUT2D eigenvalue weighted by Crippen LogP contribution is -2.32. The van der Waals surface area contributed by atoms with Crippen LogP contribution >= 0.6 is 0 Å². The molecule has 1 saturated heterocycles. The van der Waals surface area contributed by atoms with Crippen molar-refractivity contribution in [1.29, 1.82) is 0 Å². The van der Waals surface area contributed by atoms with Crippen LogP contribution in [0.2, 0.25) is 0 Å². The minimum Gasteiger partial charge on any atom is -0.399 e. The van der Waals surface area contributed by atoms with Crippen molar-refractivity contribution < 1.29 is 13.6 Å². The lowest BCUT2D eigenvalue weighted by molar-refractivity contribution is 0.0503. The zero-order valence-corrected chi connectivity index (χ0v) is 11.0. The number of ether oxygens (including phenoxy) is 1. The normalized spacial score (nSPS) is 17.4. The molecule has 1 heterocycles. The van der Waals surface area contributed by atoms with Crippen LogP contribution in [0, 0.1) is 0 Å². The Kier molecular flexibility index (Phi) is 11.2. The van der Waals surface area contributed by atoms with Crippen LogP contribution < -0.4 is 0 Å². The first-order valence-corrected chi connectivity index (χ1v) is 6.38. The molecule has 0 N–H and O–H groups in total. The van der Waals surface area contributed by atoms with Crippen molar-refractivity contribution >= 4 is 10.0 Å². The van der Waals surface area contributed by atoms with Gasteiger partial charge in [0.25, 0.3) is 0 Å². The molecule has 0 radical (unpaired) electrons. The van der Waals surface area contributed by atoms with Crippen molar-refractivity contribution in [3.8, 4) is 0 Å². The van der Waals surface area contributed by atoms with Crippen LogP contribution in [0.1, 0.15) is 13.8 Å². The van der Waals surface area contributed by atoms with Gasteiger partial charge in [-0.1, -0.05) is 0 Å². The van der Waals surface area contributed by atoms with Crippen molar-refractivity contribution in [2.75, 3.05) is 46.6 Å². The molecule has 4 nitrogen and oxygen atoms in total. The highest BCUT2D eigenvalue weighted by Gasteiger charge is 2.02. The van der Waals surface area contributed by atoms with E-state index in [2.05, 4.69) is 11.9 Å². The molecule has 1 aliphatic rings. The Morgan fingerprint density at radius 1 is 1.14 bits per heavy atom. The second-order valence-electron chi connectivity index (χ2n) is 3.02. The molecule has 1 rings (SSSR count). The molecular weight excluding hydrogens is 198 g/mol. The van der Waals surface area contributed by atoms with E-state index >= 15 is 0 Å². The van der Waals surface area contributed by atoms with E-state index in [1.807, 2.05) is 13.8 Å². The van der Waals surface area contributed by atoms with Crippen LogP contribution in [-0.2, 0) is 13.6 Å².